The van der Waals surface area contributed by atoms with Gasteiger partial charge in [0.05, 0.1) is 6.10 Å². The second-order valence-corrected chi connectivity index (χ2v) is 7.60. The van der Waals surface area contributed by atoms with Gasteiger partial charge in [0.25, 0.3) is 5.91 Å². The van der Waals surface area contributed by atoms with Gasteiger partial charge in [0.15, 0.2) is 0 Å². The minimum atomic E-state index is -0.291. The Kier molecular flexibility index (Phi) is 7.18. The van der Waals surface area contributed by atoms with Crippen LogP contribution in [0.1, 0.15) is 71.1 Å². The van der Waals surface area contributed by atoms with Crippen molar-refractivity contribution in [1.82, 2.24) is 10.2 Å². The lowest BCUT2D eigenvalue weighted by Gasteiger charge is -2.37. The number of rotatable bonds is 4. The van der Waals surface area contributed by atoms with E-state index in [1.807, 2.05) is 18.9 Å². The number of carbonyl (C=O) groups excluding carboxylic acids is 1. The molecule has 0 aromatic heterocycles. The van der Waals surface area contributed by atoms with Gasteiger partial charge in [-0.25, -0.2) is 0 Å². The summed E-state index contributed by atoms with van der Waals surface area (Å²) < 4.78 is 6.11. The third-order valence-electron chi connectivity index (χ3n) is 5.89. The van der Waals surface area contributed by atoms with Crippen LogP contribution >= 0.6 is 12.4 Å². The molecule has 1 N–H and O–H groups in total. The number of carbonyl (C=O) groups is 1. The van der Waals surface area contributed by atoms with Crippen LogP contribution in [0, 0.1) is 0 Å². The highest BCUT2D eigenvalue weighted by molar-refractivity contribution is 5.85. The number of piperidine rings is 1. The maximum absolute atomic E-state index is 12.7. The van der Waals surface area contributed by atoms with Gasteiger partial charge in [-0.15, -0.1) is 12.4 Å². The molecule has 0 spiro atoms. The standard InChI is InChI=1S/C18H32N2O2.ClH/c1-13(22-17-7-5-3-4-6-8-17)18(21)20(2)16-11-14-9-10-15(12-16)19-14;/h13-17,19H,3-12H2,1-2H3;1H. The molecular formula is C18H33ClN2O2. The van der Waals surface area contributed by atoms with E-state index in [9.17, 15) is 4.79 Å². The predicted molar refractivity (Wildman–Crippen MR) is 95.0 cm³/mol. The molecule has 2 heterocycles. The Hall–Kier alpha value is -0.320. The Labute approximate surface area is 147 Å². The molecule has 4 nitrogen and oxygen atoms in total. The number of amides is 1. The van der Waals surface area contributed by atoms with Crippen molar-refractivity contribution in [2.75, 3.05) is 7.05 Å². The maximum atomic E-state index is 12.7. The highest BCUT2D eigenvalue weighted by Gasteiger charge is 2.37. The zero-order chi connectivity index (χ0) is 15.5. The molecular weight excluding hydrogens is 312 g/mol. The highest BCUT2D eigenvalue weighted by atomic mass is 35.5. The lowest BCUT2D eigenvalue weighted by atomic mass is 9.98. The average molecular weight is 345 g/mol. The molecule has 1 amide bonds. The molecule has 134 valence electrons. The maximum Gasteiger partial charge on any atom is 0.251 e. The molecule has 3 aliphatic rings. The number of nitrogens with one attached hydrogen (secondary N) is 1. The summed E-state index contributed by atoms with van der Waals surface area (Å²) in [5, 5.41) is 3.65. The average Bonchev–Trinajstić information content (AvgIpc) is 2.72. The number of ether oxygens (including phenoxy) is 1. The van der Waals surface area contributed by atoms with Crippen LogP contribution in [0.5, 0.6) is 0 Å². The minimum Gasteiger partial charge on any atom is -0.365 e. The summed E-state index contributed by atoms with van der Waals surface area (Å²) in [6.45, 7) is 1.94. The molecule has 0 aromatic rings. The van der Waals surface area contributed by atoms with Crippen molar-refractivity contribution >= 4 is 18.3 Å². The number of hydrogen-bond donors (Lipinski definition) is 1. The molecule has 23 heavy (non-hydrogen) atoms. The zero-order valence-corrected chi connectivity index (χ0v) is 15.4. The molecule has 0 aromatic carbocycles. The molecule has 2 saturated heterocycles. The van der Waals surface area contributed by atoms with Crippen molar-refractivity contribution in [2.24, 2.45) is 0 Å². The number of fused-ring (bicyclic) bond motifs is 2. The Morgan fingerprint density at radius 3 is 2.17 bits per heavy atom. The fourth-order valence-corrected chi connectivity index (χ4v) is 4.54. The van der Waals surface area contributed by atoms with Gasteiger partial charge in [-0.3, -0.25) is 4.79 Å². The van der Waals surface area contributed by atoms with Crippen LogP contribution in [0.2, 0.25) is 0 Å². The van der Waals surface area contributed by atoms with Gasteiger partial charge < -0.3 is 15.0 Å². The number of likely N-dealkylation sites (N-methyl/N-ethyl adjacent to an activating group) is 1. The van der Waals surface area contributed by atoms with E-state index < -0.39 is 0 Å². The van der Waals surface area contributed by atoms with Gasteiger partial charge >= 0.3 is 0 Å². The summed E-state index contributed by atoms with van der Waals surface area (Å²) in [6.07, 6.45) is 12.1. The molecule has 0 radical (unpaired) electrons. The van der Waals surface area contributed by atoms with Crippen molar-refractivity contribution < 1.29 is 9.53 Å². The van der Waals surface area contributed by atoms with Gasteiger partial charge in [0.1, 0.15) is 6.10 Å². The molecule has 5 heteroatoms. The first-order valence-corrected chi connectivity index (χ1v) is 9.31. The van der Waals surface area contributed by atoms with E-state index in [2.05, 4.69) is 5.32 Å². The van der Waals surface area contributed by atoms with Crippen LogP contribution in [0.25, 0.3) is 0 Å². The fraction of sp³-hybridized carbons (Fsp3) is 0.944. The monoisotopic (exact) mass is 344 g/mol. The molecule has 3 atom stereocenters. The van der Waals surface area contributed by atoms with Gasteiger partial charge in [-0.05, 0) is 45.4 Å². The van der Waals surface area contributed by atoms with Crippen molar-refractivity contribution in [2.45, 2.75) is 101 Å². The molecule has 2 aliphatic heterocycles. The molecule has 1 aliphatic carbocycles. The van der Waals surface area contributed by atoms with Crippen LogP contribution in [0.15, 0.2) is 0 Å². The Morgan fingerprint density at radius 2 is 1.61 bits per heavy atom. The largest absolute Gasteiger partial charge is 0.365 e. The van der Waals surface area contributed by atoms with Crippen LogP contribution < -0.4 is 5.32 Å². The van der Waals surface area contributed by atoms with Gasteiger partial charge in [0.2, 0.25) is 0 Å². The van der Waals surface area contributed by atoms with Gasteiger partial charge in [-0.2, -0.15) is 0 Å². The fourth-order valence-electron chi connectivity index (χ4n) is 4.54. The van der Waals surface area contributed by atoms with E-state index in [1.54, 1.807) is 0 Å². The van der Waals surface area contributed by atoms with E-state index in [0.717, 1.165) is 25.7 Å². The van der Waals surface area contributed by atoms with E-state index >= 15 is 0 Å². The van der Waals surface area contributed by atoms with E-state index in [1.165, 1.54) is 38.5 Å². The van der Waals surface area contributed by atoms with Crippen LogP contribution in [0.4, 0.5) is 0 Å². The molecule has 3 unspecified atom stereocenters. The summed E-state index contributed by atoms with van der Waals surface area (Å²) in [5.41, 5.74) is 0. The topological polar surface area (TPSA) is 41.6 Å². The third kappa shape index (κ3) is 4.83. The van der Waals surface area contributed by atoms with E-state index in [-0.39, 0.29) is 24.4 Å². The lowest BCUT2D eigenvalue weighted by molar-refractivity contribution is -0.148. The predicted octanol–water partition coefficient (Wildman–Crippen LogP) is 3.28. The van der Waals surface area contributed by atoms with Crippen molar-refractivity contribution in [1.29, 1.82) is 0 Å². The summed E-state index contributed by atoms with van der Waals surface area (Å²) >= 11 is 0. The van der Waals surface area contributed by atoms with Crippen LogP contribution in [0.3, 0.4) is 0 Å². The first-order valence-electron chi connectivity index (χ1n) is 9.31. The van der Waals surface area contributed by atoms with Crippen LogP contribution in [-0.4, -0.2) is 48.2 Å². The van der Waals surface area contributed by atoms with Gasteiger partial charge in [-0.1, -0.05) is 25.7 Å². The second-order valence-electron chi connectivity index (χ2n) is 7.60. The first kappa shape index (κ1) is 19.0. The smallest absolute Gasteiger partial charge is 0.251 e. The molecule has 2 bridgehead atoms. The third-order valence-corrected chi connectivity index (χ3v) is 5.89. The normalized spacial score (nSPS) is 32.7. The number of nitrogens with zero attached hydrogens (tertiary/aromatic N) is 1. The van der Waals surface area contributed by atoms with E-state index in [0.29, 0.717) is 24.2 Å². The Bertz CT molecular complexity index is 373. The van der Waals surface area contributed by atoms with Crippen molar-refractivity contribution in [3.05, 3.63) is 0 Å². The molecule has 1 saturated carbocycles. The molecule has 3 fully saturated rings. The zero-order valence-electron chi connectivity index (χ0n) is 14.6. The number of hydrogen-bond acceptors (Lipinski definition) is 3. The molecule has 3 rings (SSSR count). The van der Waals surface area contributed by atoms with Crippen molar-refractivity contribution in [3.63, 3.8) is 0 Å². The summed E-state index contributed by atoms with van der Waals surface area (Å²) in [7, 11) is 1.98. The lowest BCUT2D eigenvalue weighted by Crippen LogP contribution is -2.51. The van der Waals surface area contributed by atoms with Crippen molar-refractivity contribution in [3.8, 4) is 0 Å². The summed E-state index contributed by atoms with van der Waals surface area (Å²) in [5.74, 6) is 0.176. The Balaban J connectivity index is 0.00000192. The van der Waals surface area contributed by atoms with Crippen LogP contribution in [-0.2, 0) is 9.53 Å². The first-order chi connectivity index (χ1) is 10.6. The minimum absolute atomic E-state index is 0. The SMILES string of the molecule is CC(OC1CCCCCC1)C(=O)N(C)C1CC2CCC(C1)N2.Cl. The van der Waals surface area contributed by atoms with Gasteiger partial charge in [0, 0.05) is 25.2 Å². The number of halogens is 1. The van der Waals surface area contributed by atoms with E-state index in [4.69, 9.17) is 4.74 Å². The second kappa shape index (κ2) is 8.68. The Morgan fingerprint density at radius 1 is 1.04 bits per heavy atom. The summed E-state index contributed by atoms with van der Waals surface area (Å²) in [4.78, 5) is 14.7. The summed E-state index contributed by atoms with van der Waals surface area (Å²) in [6, 6.07) is 1.64. The highest BCUT2D eigenvalue weighted by Crippen LogP contribution is 2.30. The quantitative estimate of drug-likeness (QED) is 0.796.